The molecule has 3 rings (SSSR count). The van der Waals surface area contributed by atoms with E-state index in [1.54, 1.807) is 0 Å². The van der Waals surface area contributed by atoms with Crippen molar-refractivity contribution in [2.24, 2.45) is 0 Å². The maximum absolute atomic E-state index is 12.1. The second kappa shape index (κ2) is 9.18. The van der Waals surface area contributed by atoms with Crippen LogP contribution in [0.1, 0.15) is 42.5 Å². The molecule has 1 N–H and O–H groups in total. The van der Waals surface area contributed by atoms with Crippen LogP contribution in [0.5, 0.6) is 0 Å². The molecule has 0 bridgehead atoms. The normalized spacial score (nSPS) is 16.5. The van der Waals surface area contributed by atoms with Crippen LogP contribution in [0.25, 0.3) is 0 Å². The third-order valence-corrected chi connectivity index (χ3v) is 4.90. The summed E-state index contributed by atoms with van der Waals surface area (Å²) >= 11 is 0. The van der Waals surface area contributed by atoms with E-state index in [0.717, 1.165) is 24.9 Å². The van der Waals surface area contributed by atoms with Crippen molar-refractivity contribution in [3.63, 3.8) is 0 Å². The molecule has 4 nitrogen and oxygen atoms in total. The molecule has 1 amide bonds. The Morgan fingerprint density at radius 2 is 1.65 bits per heavy atom. The summed E-state index contributed by atoms with van der Waals surface area (Å²) in [6.45, 7) is 1.70. The molecular formula is C22H26N2O2. The molecule has 4 heteroatoms. The molecule has 1 aliphatic rings. The van der Waals surface area contributed by atoms with Gasteiger partial charge in [0.1, 0.15) is 0 Å². The van der Waals surface area contributed by atoms with Crippen molar-refractivity contribution in [3.05, 3.63) is 66.2 Å². The van der Waals surface area contributed by atoms with E-state index >= 15 is 0 Å². The van der Waals surface area contributed by atoms with Gasteiger partial charge in [-0.2, -0.15) is 0 Å². The third kappa shape index (κ3) is 4.94. The van der Waals surface area contributed by atoms with Crippen molar-refractivity contribution in [3.8, 4) is 0 Å². The Bertz CT molecular complexity index is 715. The van der Waals surface area contributed by atoms with Crippen molar-refractivity contribution < 1.29 is 9.59 Å². The van der Waals surface area contributed by atoms with Gasteiger partial charge < -0.3 is 10.2 Å². The molecule has 2 aromatic rings. The number of para-hydroxylation sites is 1. The van der Waals surface area contributed by atoms with Crippen LogP contribution < -0.4 is 10.2 Å². The van der Waals surface area contributed by atoms with Gasteiger partial charge in [-0.15, -0.1) is 0 Å². The van der Waals surface area contributed by atoms with Crippen LogP contribution in [0.15, 0.2) is 60.7 Å². The zero-order chi connectivity index (χ0) is 18.2. The van der Waals surface area contributed by atoms with E-state index in [1.807, 2.05) is 48.5 Å². The maximum atomic E-state index is 12.1. The third-order valence-electron chi connectivity index (χ3n) is 4.90. The van der Waals surface area contributed by atoms with E-state index in [-0.39, 0.29) is 11.7 Å². The fourth-order valence-corrected chi connectivity index (χ4v) is 3.51. The summed E-state index contributed by atoms with van der Waals surface area (Å²) in [6, 6.07) is 20.0. The molecule has 1 fully saturated rings. The summed E-state index contributed by atoms with van der Waals surface area (Å²) in [5, 5.41) is 3.05. The summed E-state index contributed by atoms with van der Waals surface area (Å²) in [4.78, 5) is 26.5. The van der Waals surface area contributed by atoms with Gasteiger partial charge >= 0.3 is 0 Å². The molecule has 2 aromatic carbocycles. The molecular weight excluding hydrogens is 324 g/mol. The Morgan fingerprint density at radius 3 is 2.38 bits per heavy atom. The molecule has 136 valence electrons. The highest BCUT2D eigenvalue weighted by Gasteiger charge is 2.24. The zero-order valence-electron chi connectivity index (χ0n) is 15.1. The molecule has 1 heterocycles. The number of rotatable bonds is 8. The van der Waals surface area contributed by atoms with Gasteiger partial charge in [-0.05, 0) is 31.4 Å². The molecule has 0 unspecified atom stereocenters. The number of hydrogen-bond acceptors (Lipinski definition) is 3. The number of nitrogens with one attached hydrogen (secondary N) is 1. The van der Waals surface area contributed by atoms with Gasteiger partial charge in [0.15, 0.2) is 5.78 Å². The van der Waals surface area contributed by atoms with Crippen LogP contribution in [0.2, 0.25) is 0 Å². The highest BCUT2D eigenvalue weighted by molar-refractivity contribution is 5.96. The van der Waals surface area contributed by atoms with E-state index in [1.165, 1.54) is 5.69 Å². The molecule has 1 aliphatic heterocycles. The molecule has 0 spiro atoms. The Balaban J connectivity index is 1.39. The lowest BCUT2D eigenvalue weighted by molar-refractivity contribution is -0.121. The van der Waals surface area contributed by atoms with Crippen LogP contribution in [-0.2, 0) is 4.79 Å². The largest absolute Gasteiger partial charge is 0.367 e. The monoisotopic (exact) mass is 350 g/mol. The van der Waals surface area contributed by atoms with Crippen LogP contribution >= 0.6 is 0 Å². The van der Waals surface area contributed by atoms with E-state index in [4.69, 9.17) is 0 Å². The minimum absolute atomic E-state index is 0.0331. The fourth-order valence-electron chi connectivity index (χ4n) is 3.51. The van der Waals surface area contributed by atoms with E-state index in [9.17, 15) is 9.59 Å². The SMILES string of the molecule is O=C(CCCC(=O)c1ccccc1)NC[C@H]1CCCN1c1ccccc1. The standard InChI is InChI=1S/C22H26N2O2/c25-21(18-9-3-1-4-10-18)14-7-15-22(26)23-17-20-13-8-16-24(20)19-11-5-2-6-12-19/h1-6,9-12,20H,7-8,13-17H2,(H,23,26)/t20-/m1/s1. The van der Waals surface area contributed by atoms with Gasteiger partial charge in [-0.3, -0.25) is 9.59 Å². The Labute approximate surface area is 155 Å². The first kappa shape index (κ1) is 18.2. The lowest BCUT2D eigenvalue weighted by Crippen LogP contribution is -2.40. The molecule has 1 saturated heterocycles. The minimum Gasteiger partial charge on any atom is -0.367 e. The molecule has 26 heavy (non-hydrogen) atoms. The summed E-state index contributed by atoms with van der Waals surface area (Å²) in [5.74, 6) is 0.134. The topological polar surface area (TPSA) is 49.4 Å². The van der Waals surface area contributed by atoms with Gasteiger partial charge in [0, 0.05) is 43.2 Å². The summed E-state index contributed by atoms with van der Waals surface area (Å²) < 4.78 is 0. The Hall–Kier alpha value is -2.62. The molecule has 0 saturated carbocycles. The van der Waals surface area contributed by atoms with E-state index in [2.05, 4.69) is 22.3 Å². The number of nitrogens with zero attached hydrogens (tertiary/aromatic N) is 1. The predicted octanol–water partition coefficient (Wildman–Crippen LogP) is 3.82. The van der Waals surface area contributed by atoms with Gasteiger partial charge in [-0.1, -0.05) is 48.5 Å². The Kier molecular flexibility index (Phi) is 6.42. The fraction of sp³-hybridized carbons (Fsp3) is 0.364. The minimum atomic E-state index is 0.0331. The van der Waals surface area contributed by atoms with Crippen molar-refractivity contribution >= 4 is 17.4 Å². The highest BCUT2D eigenvalue weighted by Crippen LogP contribution is 2.24. The first-order chi connectivity index (χ1) is 12.7. The molecule has 0 radical (unpaired) electrons. The van der Waals surface area contributed by atoms with Crippen molar-refractivity contribution in [1.82, 2.24) is 5.32 Å². The van der Waals surface area contributed by atoms with Crippen molar-refractivity contribution in [2.45, 2.75) is 38.1 Å². The number of hydrogen-bond donors (Lipinski definition) is 1. The quantitative estimate of drug-likeness (QED) is 0.736. The van der Waals surface area contributed by atoms with Gasteiger partial charge in [0.05, 0.1) is 0 Å². The number of Topliss-reactive ketones (excluding diaryl/α,β-unsaturated/α-hetero) is 1. The summed E-state index contributed by atoms with van der Waals surface area (Å²) in [5.41, 5.74) is 1.94. The lowest BCUT2D eigenvalue weighted by atomic mass is 10.1. The van der Waals surface area contributed by atoms with Gasteiger partial charge in [0.25, 0.3) is 0 Å². The average Bonchev–Trinajstić information content (AvgIpc) is 3.16. The smallest absolute Gasteiger partial charge is 0.220 e. The number of ketones is 1. The zero-order valence-corrected chi connectivity index (χ0v) is 15.1. The second-order valence-electron chi connectivity index (χ2n) is 6.77. The lowest BCUT2D eigenvalue weighted by Gasteiger charge is -2.27. The Morgan fingerprint density at radius 1 is 0.962 bits per heavy atom. The molecule has 0 aromatic heterocycles. The summed E-state index contributed by atoms with van der Waals surface area (Å²) in [6.07, 6.45) is 3.66. The van der Waals surface area contributed by atoms with Gasteiger partial charge in [-0.25, -0.2) is 0 Å². The summed E-state index contributed by atoms with van der Waals surface area (Å²) in [7, 11) is 0. The van der Waals surface area contributed by atoms with Crippen LogP contribution in [0.4, 0.5) is 5.69 Å². The average molecular weight is 350 g/mol. The molecule has 1 atom stereocenters. The first-order valence-corrected chi connectivity index (χ1v) is 9.40. The second-order valence-corrected chi connectivity index (χ2v) is 6.77. The number of carbonyl (C=O) groups excluding carboxylic acids is 2. The number of carbonyl (C=O) groups is 2. The first-order valence-electron chi connectivity index (χ1n) is 9.40. The van der Waals surface area contributed by atoms with Crippen LogP contribution in [0, 0.1) is 0 Å². The number of anilines is 1. The number of benzene rings is 2. The maximum Gasteiger partial charge on any atom is 0.220 e. The molecule has 0 aliphatic carbocycles. The van der Waals surface area contributed by atoms with Gasteiger partial charge in [0.2, 0.25) is 5.91 Å². The number of amides is 1. The van der Waals surface area contributed by atoms with E-state index in [0.29, 0.717) is 31.8 Å². The van der Waals surface area contributed by atoms with Crippen molar-refractivity contribution in [1.29, 1.82) is 0 Å². The van der Waals surface area contributed by atoms with Crippen LogP contribution in [-0.4, -0.2) is 30.8 Å². The predicted molar refractivity (Wildman–Crippen MR) is 104 cm³/mol. The van der Waals surface area contributed by atoms with Crippen LogP contribution in [0.3, 0.4) is 0 Å². The highest BCUT2D eigenvalue weighted by atomic mass is 16.1. The van der Waals surface area contributed by atoms with Crippen molar-refractivity contribution in [2.75, 3.05) is 18.0 Å². The van der Waals surface area contributed by atoms with E-state index < -0.39 is 0 Å².